The number of fused-ring (bicyclic) bond motifs is 4. The van der Waals surface area contributed by atoms with Gasteiger partial charge in [-0.25, -0.2) is 9.48 Å². The van der Waals surface area contributed by atoms with E-state index in [4.69, 9.17) is 19.5 Å². The molecule has 6 aromatic rings. The molecule has 1 saturated heterocycles. The SMILES string of the molecule is CC(C)(C)[Si](C)(C)O[C@@H](CNCc1cc2nnn(CCCN3CC4(CC(OC(=O)[C@@](O)(c5cccs5)c5ccc(-c6ccccc6)s5)C4)C3)c2c2c1CCC2)c1ccc(O)c2c1CCCC2. The molecule has 66 heavy (non-hydrogen) atoms. The first-order chi connectivity index (χ1) is 31.7. The quantitative estimate of drug-likeness (QED) is 0.0643. The molecule has 2 atom stereocenters. The number of aromatic hydroxyl groups is 1. The number of nitrogens with one attached hydrogen (secondary N) is 1. The van der Waals surface area contributed by atoms with Crippen LogP contribution in [0.3, 0.4) is 0 Å². The zero-order valence-corrected chi connectivity index (χ0v) is 41.8. The van der Waals surface area contributed by atoms with Gasteiger partial charge in [0.2, 0.25) is 5.60 Å². The van der Waals surface area contributed by atoms with Crippen molar-refractivity contribution in [2.24, 2.45) is 5.41 Å². The van der Waals surface area contributed by atoms with Gasteiger partial charge in [-0.15, -0.1) is 27.8 Å². The van der Waals surface area contributed by atoms with E-state index in [9.17, 15) is 15.0 Å². The number of rotatable bonds is 16. The Hall–Kier alpha value is -4.21. The zero-order chi connectivity index (χ0) is 45.8. The zero-order valence-electron chi connectivity index (χ0n) is 39.2. The Balaban J connectivity index is 0.739. The predicted octanol–water partition coefficient (Wildman–Crippen LogP) is 10.5. The van der Waals surface area contributed by atoms with E-state index in [0.29, 0.717) is 22.0 Å². The molecule has 3 N–H and O–H groups in total. The van der Waals surface area contributed by atoms with Crippen molar-refractivity contribution >= 4 is 48.0 Å². The molecular weight excluding hydrogens is 879 g/mol. The van der Waals surface area contributed by atoms with Crippen molar-refractivity contribution in [2.75, 3.05) is 26.2 Å². The molecule has 0 unspecified atom stereocenters. The summed E-state index contributed by atoms with van der Waals surface area (Å²) in [5, 5.41) is 38.1. The number of hydrogen-bond donors (Lipinski definition) is 3. The van der Waals surface area contributed by atoms with Gasteiger partial charge in [-0.3, -0.25) is 0 Å². The van der Waals surface area contributed by atoms with E-state index in [2.05, 4.69) is 60.9 Å². The number of hydrogen-bond acceptors (Lipinski definition) is 11. The molecule has 4 heterocycles. The van der Waals surface area contributed by atoms with Crippen LogP contribution in [0, 0.1) is 5.41 Å². The molecule has 0 amide bonds. The predicted molar refractivity (Wildman–Crippen MR) is 267 cm³/mol. The van der Waals surface area contributed by atoms with Crippen LogP contribution in [0.25, 0.3) is 21.5 Å². The average molecular weight is 944 g/mol. The minimum atomic E-state index is -2.10. The average Bonchev–Trinajstić information content (AvgIpc) is 4.12. The lowest BCUT2D eigenvalue weighted by Crippen LogP contribution is -2.64. The normalized spacial score (nSPS) is 18.7. The number of carbonyl (C=O) groups excluding carboxylic acids is 1. The molecule has 1 aliphatic heterocycles. The van der Waals surface area contributed by atoms with Gasteiger partial charge in [-0.05, 0) is 164 Å². The highest BCUT2D eigenvalue weighted by molar-refractivity contribution is 7.16. The van der Waals surface area contributed by atoms with Crippen molar-refractivity contribution < 1.29 is 24.2 Å². The van der Waals surface area contributed by atoms with Crippen LogP contribution >= 0.6 is 22.7 Å². The molecule has 10 nitrogen and oxygen atoms in total. The van der Waals surface area contributed by atoms with Crippen LogP contribution in [0.5, 0.6) is 5.75 Å². The Labute approximate surface area is 398 Å². The first-order valence-corrected chi connectivity index (χ1v) is 28.8. The molecule has 0 radical (unpaired) electrons. The Kier molecular flexibility index (Phi) is 12.4. The van der Waals surface area contributed by atoms with E-state index in [1.807, 2.05) is 66.0 Å². The van der Waals surface area contributed by atoms with E-state index < -0.39 is 19.9 Å². The second-order valence-corrected chi connectivity index (χ2v) is 27.9. The Morgan fingerprint density at radius 3 is 2.42 bits per heavy atom. The maximum atomic E-state index is 13.9. The van der Waals surface area contributed by atoms with Crippen LogP contribution in [0.2, 0.25) is 18.1 Å². The van der Waals surface area contributed by atoms with Gasteiger partial charge in [0.15, 0.2) is 8.32 Å². The number of esters is 1. The smallest absolute Gasteiger partial charge is 0.349 e. The fraction of sp³-hybridized carbons (Fsp3) is 0.491. The van der Waals surface area contributed by atoms with Crippen LogP contribution in [-0.2, 0) is 58.3 Å². The number of likely N-dealkylation sites (tertiary alicyclic amines) is 1. The summed E-state index contributed by atoms with van der Waals surface area (Å²) < 4.78 is 15.4. The summed E-state index contributed by atoms with van der Waals surface area (Å²) in [5.41, 5.74) is 9.41. The fourth-order valence-electron chi connectivity index (χ4n) is 11.0. The van der Waals surface area contributed by atoms with Crippen LogP contribution in [0.1, 0.15) is 109 Å². The first kappa shape index (κ1) is 45.6. The van der Waals surface area contributed by atoms with Crippen molar-refractivity contribution in [1.29, 1.82) is 0 Å². The summed E-state index contributed by atoms with van der Waals surface area (Å²) >= 11 is 2.81. The number of aliphatic hydroxyl groups is 1. The molecule has 0 bridgehead atoms. The highest BCUT2D eigenvalue weighted by Gasteiger charge is 2.55. The second-order valence-electron chi connectivity index (χ2n) is 21.1. The standard InChI is InChI=1S/C53H65N5O5S2Si/c1-51(2,3)66(4,5)63-45(41-21-22-44(59)40-17-10-9-16-39(40)41)32-54-31-36-28-43-49(42-19-11-18-38(36)42)58(56-55-43)26-13-25-57-33-52(34-57)29-37(30-52)62-50(60)53(61,47-20-12-27-64-47)48-24-23-46(65-48)35-14-7-6-8-15-35/h6-8,12,14-15,20-24,27-28,37,45,54,59,61H,9-11,13,16-19,25-26,29-34H2,1-5H3/t45-,53+/m0/s1. The highest BCUT2D eigenvalue weighted by Crippen LogP contribution is 2.51. The largest absolute Gasteiger partial charge is 0.508 e. The number of phenolic OH excluding ortho intramolecular Hbond substituents is 1. The molecule has 2 fully saturated rings. The van der Waals surface area contributed by atoms with Gasteiger partial charge < -0.3 is 29.6 Å². The van der Waals surface area contributed by atoms with Gasteiger partial charge in [0.1, 0.15) is 17.4 Å². The van der Waals surface area contributed by atoms with E-state index >= 15 is 0 Å². The summed E-state index contributed by atoms with van der Waals surface area (Å²) in [6.45, 7) is 16.9. The van der Waals surface area contributed by atoms with E-state index in [1.165, 1.54) is 56.0 Å². The second kappa shape index (κ2) is 18.0. The van der Waals surface area contributed by atoms with Crippen LogP contribution < -0.4 is 5.32 Å². The van der Waals surface area contributed by atoms with Gasteiger partial charge in [0.25, 0.3) is 0 Å². The van der Waals surface area contributed by atoms with Crippen LogP contribution in [0.4, 0.5) is 0 Å². The van der Waals surface area contributed by atoms with E-state index in [-0.39, 0.29) is 22.7 Å². The lowest BCUT2D eigenvalue weighted by Gasteiger charge is -2.58. The molecule has 3 aromatic heterocycles. The van der Waals surface area contributed by atoms with Gasteiger partial charge in [0.05, 0.1) is 21.4 Å². The Morgan fingerprint density at radius 2 is 1.67 bits per heavy atom. The number of ether oxygens (including phenoxy) is 1. The van der Waals surface area contributed by atoms with Gasteiger partial charge in [-0.1, -0.05) is 68.4 Å². The molecule has 10 rings (SSSR count). The minimum absolute atomic E-state index is 0.0795. The lowest BCUT2D eigenvalue weighted by molar-refractivity contribution is -0.191. The van der Waals surface area contributed by atoms with Crippen LogP contribution in [-0.4, -0.2) is 76.7 Å². The molecule has 1 spiro atoms. The summed E-state index contributed by atoms with van der Waals surface area (Å²) in [4.78, 5) is 18.5. The summed E-state index contributed by atoms with van der Waals surface area (Å²) in [5.74, 6) is -0.155. The maximum Gasteiger partial charge on any atom is 0.349 e. The van der Waals surface area contributed by atoms with E-state index in [1.54, 1.807) is 0 Å². The van der Waals surface area contributed by atoms with Crippen molar-refractivity contribution in [2.45, 2.75) is 134 Å². The summed E-state index contributed by atoms with van der Waals surface area (Å²) in [6.07, 6.45) is 9.83. The third kappa shape index (κ3) is 8.62. The van der Waals surface area contributed by atoms with Crippen molar-refractivity contribution in [3.8, 4) is 16.2 Å². The third-order valence-electron chi connectivity index (χ3n) is 15.5. The lowest BCUT2D eigenvalue weighted by atomic mass is 9.61. The van der Waals surface area contributed by atoms with Gasteiger partial charge in [0, 0.05) is 43.0 Å². The number of benzene rings is 3. The molecule has 4 aliphatic rings. The number of aromatic nitrogens is 3. The Bertz CT molecular complexity index is 2690. The number of nitrogens with zero attached hydrogens (tertiary/aromatic N) is 4. The molecular formula is C53H65N5O5S2Si. The third-order valence-corrected chi connectivity index (χ3v) is 22.2. The maximum absolute atomic E-state index is 13.9. The molecule has 348 valence electrons. The number of aryl methyl sites for hydroxylation is 2. The molecule has 13 heteroatoms. The Morgan fingerprint density at radius 1 is 0.909 bits per heavy atom. The monoisotopic (exact) mass is 943 g/mol. The molecule has 3 aliphatic carbocycles. The fourth-order valence-corrected chi connectivity index (χ4v) is 14.3. The topological polar surface area (TPSA) is 122 Å². The van der Waals surface area contributed by atoms with Gasteiger partial charge in [-0.2, -0.15) is 0 Å². The molecule has 3 aromatic carbocycles. The number of carbonyl (C=O) groups is 1. The van der Waals surface area contributed by atoms with E-state index in [0.717, 1.165) is 118 Å². The van der Waals surface area contributed by atoms with Crippen molar-refractivity contribution in [3.63, 3.8) is 0 Å². The minimum Gasteiger partial charge on any atom is -0.508 e. The number of phenols is 1. The van der Waals surface area contributed by atoms with Crippen LogP contribution in [0.15, 0.2) is 78.2 Å². The summed E-state index contributed by atoms with van der Waals surface area (Å²) in [6, 6.07) is 23.9. The number of thiophene rings is 2. The van der Waals surface area contributed by atoms with Crippen molar-refractivity contribution in [1.82, 2.24) is 25.2 Å². The first-order valence-electron chi connectivity index (χ1n) is 24.2. The van der Waals surface area contributed by atoms with Gasteiger partial charge >= 0.3 is 5.97 Å². The summed E-state index contributed by atoms with van der Waals surface area (Å²) in [7, 11) is -2.10. The van der Waals surface area contributed by atoms with Crippen molar-refractivity contribution in [3.05, 3.63) is 121 Å². The molecule has 1 saturated carbocycles. The highest BCUT2D eigenvalue weighted by atomic mass is 32.1.